The summed E-state index contributed by atoms with van der Waals surface area (Å²) in [5.41, 5.74) is -0.328. The van der Waals surface area contributed by atoms with E-state index in [0.717, 1.165) is 19.3 Å². The number of methoxy groups -OCH3 is 1. The first-order valence-electron chi connectivity index (χ1n) is 14.0. The molecule has 2 bridgehead atoms. The van der Waals surface area contributed by atoms with E-state index in [9.17, 15) is 24.8 Å². The van der Waals surface area contributed by atoms with Gasteiger partial charge in [0.25, 0.3) is 5.91 Å². The number of carbonyl (C=O) groups excluding carboxylic acids is 2. The van der Waals surface area contributed by atoms with Crippen LogP contribution in [-0.4, -0.2) is 48.7 Å². The number of nitrogens with zero attached hydrogens (tertiary/aromatic N) is 1. The van der Waals surface area contributed by atoms with Crippen LogP contribution in [0.2, 0.25) is 0 Å². The fourth-order valence-corrected chi connectivity index (χ4v) is 6.41. The smallest absolute Gasteiger partial charge is 0.309 e. The molecule has 9 nitrogen and oxygen atoms in total. The van der Waals surface area contributed by atoms with Crippen LogP contribution in [0.15, 0.2) is 12.1 Å². The van der Waals surface area contributed by atoms with E-state index in [1.54, 1.807) is 13.0 Å². The van der Waals surface area contributed by atoms with E-state index in [1.807, 2.05) is 0 Å². The van der Waals surface area contributed by atoms with E-state index < -0.39 is 11.4 Å². The third kappa shape index (κ3) is 6.15. The fraction of sp³-hybridized carbons (Fsp3) is 0.667. The van der Waals surface area contributed by atoms with Crippen molar-refractivity contribution in [3.63, 3.8) is 0 Å². The quantitative estimate of drug-likeness (QED) is 0.448. The second-order valence-corrected chi connectivity index (χ2v) is 13.0. The number of carboxylic acid groups (broad SMARTS) is 1. The lowest BCUT2D eigenvalue weighted by Gasteiger charge is -2.34. The minimum atomic E-state index is -0.812. The molecule has 4 atom stereocenters. The largest absolute Gasteiger partial charge is 0.496 e. The molecule has 3 N–H and O–H groups in total. The van der Waals surface area contributed by atoms with Crippen molar-refractivity contribution in [2.24, 2.45) is 28.6 Å². The molecular formula is C30H41N3O6. The van der Waals surface area contributed by atoms with Gasteiger partial charge in [-0.1, -0.05) is 20.8 Å². The highest BCUT2D eigenvalue weighted by atomic mass is 16.5. The number of amides is 2. The van der Waals surface area contributed by atoms with Gasteiger partial charge in [-0.05, 0) is 75.2 Å². The Hall–Kier alpha value is -3.28. The zero-order valence-corrected chi connectivity index (χ0v) is 23.6. The predicted molar refractivity (Wildman–Crippen MR) is 144 cm³/mol. The summed E-state index contributed by atoms with van der Waals surface area (Å²) < 4.78 is 11.6. The molecule has 1 aromatic rings. The van der Waals surface area contributed by atoms with Gasteiger partial charge >= 0.3 is 5.97 Å². The molecule has 0 aliphatic heterocycles. The Morgan fingerprint density at radius 3 is 2.36 bits per heavy atom. The standard InChI is InChI=1S/C30H41N3O6/c1-29(2,3)16-32-27(35)24-17-6-7-18(12-17)25(24)33-26(34)21-14-22(19(15-31)13-23(21)38-5)39-20-8-10-30(4,11-9-20)28(36)37/h13-14,17-18,20,24-25H,6-12,16H2,1-5H3,(H,32,35)(H,33,34)(H,36,37)/t17-,18-,20?,24-,25+,30?/m0/s1. The summed E-state index contributed by atoms with van der Waals surface area (Å²) in [7, 11) is 1.45. The number of carbonyl (C=O) groups is 3. The number of aliphatic carboxylic acids is 1. The summed E-state index contributed by atoms with van der Waals surface area (Å²) in [5, 5.41) is 25.5. The molecule has 0 saturated heterocycles. The van der Waals surface area contributed by atoms with Crippen molar-refractivity contribution in [2.45, 2.75) is 84.8 Å². The molecule has 0 unspecified atom stereocenters. The van der Waals surface area contributed by atoms with Gasteiger partial charge in [-0.3, -0.25) is 14.4 Å². The first kappa shape index (κ1) is 28.7. The Morgan fingerprint density at radius 2 is 1.77 bits per heavy atom. The number of nitriles is 1. The molecule has 0 heterocycles. The molecule has 2 amide bonds. The number of fused-ring (bicyclic) bond motifs is 2. The summed E-state index contributed by atoms with van der Waals surface area (Å²) in [6, 6.07) is 4.89. The number of ether oxygens (including phenoxy) is 2. The van der Waals surface area contributed by atoms with Gasteiger partial charge in [0, 0.05) is 18.7 Å². The number of carboxylic acids is 1. The zero-order valence-electron chi connectivity index (χ0n) is 23.6. The average molecular weight is 540 g/mol. The molecule has 3 saturated carbocycles. The molecule has 3 aliphatic rings. The molecule has 0 aromatic heterocycles. The lowest BCUT2D eigenvalue weighted by Crippen LogP contribution is -2.50. The van der Waals surface area contributed by atoms with Gasteiger partial charge in [-0.15, -0.1) is 0 Å². The monoisotopic (exact) mass is 539 g/mol. The maximum Gasteiger partial charge on any atom is 0.309 e. The highest BCUT2D eigenvalue weighted by molar-refractivity contribution is 5.98. The highest BCUT2D eigenvalue weighted by Gasteiger charge is 2.51. The Bertz CT molecular complexity index is 1160. The number of benzene rings is 1. The first-order valence-corrected chi connectivity index (χ1v) is 14.0. The fourth-order valence-electron chi connectivity index (χ4n) is 6.41. The van der Waals surface area contributed by atoms with Crippen LogP contribution in [0.25, 0.3) is 0 Å². The van der Waals surface area contributed by atoms with Gasteiger partial charge in [0.15, 0.2) is 0 Å². The van der Waals surface area contributed by atoms with Gasteiger partial charge < -0.3 is 25.2 Å². The minimum Gasteiger partial charge on any atom is -0.496 e. The van der Waals surface area contributed by atoms with Gasteiger partial charge in [-0.25, -0.2) is 0 Å². The predicted octanol–water partition coefficient (Wildman–Crippen LogP) is 4.29. The van der Waals surface area contributed by atoms with Crippen LogP contribution in [-0.2, 0) is 9.59 Å². The highest BCUT2D eigenvalue weighted by Crippen LogP contribution is 2.49. The van der Waals surface area contributed by atoms with Crippen molar-refractivity contribution >= 4 is 17.8 Å². The number of nitrogens with one attached hydrogen (secondary N) is 2. The van der Waals surface area contributed by atoms with Gasteiger partial charge in [0.05, 0.1) is 35.7 Å². The summed E-state index contributed by atoms with van der Waals surface area (Å²) in [6.07, 6.45) is 4.67. The normalized spacial score (nSPS) is 29.8. The Balaban J connectivity index is 1.52. The van der Waals surface area contributed by atoms with Crippen molar-refractivity contribution in [1.82, 2.24) is 10.6 Å². The second kappa shape index (κ2) is 11.1. The molecule has 39 heavy (non-hydrogen) atoms. The Kier molecular flexibility index (Phi) is 8.15. The maximum absolute atomic E-state index is 13.6. The van der Waals surface area contributed by atoms with Crippen LogP contribution in [0.3, 0.4) is 0 Å². The first-order chi connectivity index (χ1) is 18.3. The van der Waals surface area contributed by atoms with Gasteiger partial charge in [0.2, 0.25) is 5.91 Å². The second-order valence-electron chi connectivity index (χ2n) is 13.0. The number of rotatable bonds is 8. The number of hydrogen-bond acceptors (Lipinski definition) is 6. The molecule has 9 heteroatoms. The summed E-state index contributed by atoms with van der Waals surface area (Å²) in [6.45, 7) is 8.53. The molecular weight excluding hydrogens is 498 g/mol. The molecule has 212 valence electrons. The molecule has 0 radical (unpaired) electrons. The van der Waals surface area contributed by atoms with Crippen LogP contribution in [0, 0.1) is 39.9 Å². The molecule has 4 rings (SSSR count). The average Bonchev–Trinajstić information content (AvgIpc) is 3.50. The van der Waals surface area contributed by atoms with Crippen molar-refractivity contribution in [3.8, 4) is 17.6 Å². The summed E-state index contributed by atoms with van der Waals surface area (Å²) >= 11 is 0. The third-order valence-corrected chi connectivity index (χ3v) is 8.82. The van der Waals surface area contributed by atoms with Crippen LogP contribution in [0.4, 0.5) is 0 Å². The Morgan fingerprint density at radius 1 is 1.10 bits per heavy atom. The number of hydrogen-bond donors (Lipinski definition) is 3. The summed E-state index contributed by atoms with van der Waals surface area (Å²) in [4.78, 5) is 38.4. The van der Waals surface area contributed by atoms with Crippen LogP contribution in [0.5, 0.6) is 11.5 Å². The van der Waals surface area contributed by atoms with E-state index in [-0.39, 0.29) is 69.8 Å². The van der Waals surface area contributed by atoms with Crippen molar-refractivity contribution in [2.75, 3.05) is 13.7 Å². The molecule has 1 aromatic carbocycles. The topological polar surface area (TPSA) is 138 Å². The van der Waals surface area contributed by atoms with Gasteiger partial charge in [-0.2, -0.15) is 5.26 Å². The SMILES string of the molecule is COc1cc(C#N)c(OC2CCC(C)(C(=O)O)CC2)cc1C(=O)N[C@@H]1[C@H]2CC[C@@H](C2)[C@@H]1C(=O)NCC(C)(C)C. The third-order valence-electron chi connectivity index (χ3n) is 8.82. The lowest BCUT2D eigenvalue weighted by atomic mass is 9.75. The van der Waals surface area contributed by atoms with Crippen molar-refractivity contribution in [1.29, 1.82) is 5.26 Å². The van der Waals surface area contributed by atoms with Crippen LogP contribution in [0.1, 0.15) is 88.6 Å². The lowest BCUT2D eigenvalue weighted by molar-refractivity contribution is -0.150. The van der Waals surface area contributed by atoms with Crippen molar-refractivity contribution < 1.29 is 29.0 Å². The molecule has 3 aliphatic carbocycles. The Labute approximate surface area is 230 Å². The van der Waals surface area contributed by atoms with E-state index in [4.69, 9.17) is 9.47 Å². The molecule has 3 fully saturated rings. The van der Waals surface area contributed by atoms with Crippen LogP contribution >= 0.6 is 0 Å². The molecule has 0 spiro atoms. The van der Waals surface area contributed by atoms with Crippen molar-refractivity contribution in [3.05, 3.63) is 23.3 Å². The van der Waals surface area contributed by atoms with E-state index >= 15 is 0 Å². The van der Waals surface area contributed by atoms with E-state index in [1.165, 1.54) is 13.2 Å². The minimum absolute atomic E-state index is 0.0103. The van der Waals surface area contributed by atoms with Crippen LogP contribution < -0.4 is 20.1 Å². The van der Waals surface area contributed by atoms with E-state index in [0.29, 0.717) is 32.2 Å². The maximum atomic E-state index is 13.6. The van der Waals surface area contributed by atoms with Gasteiger partial charge in [0.1, 0.15) is 17.6 Å². The summed E-state index contributed by atoms with van der Waals surface area (Å²) in [5.74, 6) is -0.428. The van der Waals surface area contributed by atoms with E-state index in [2.05, 4.69) is 37.5 Å². The zero-order chi connectivity index (χ0) is 28.5.